The number of rotatable bonds is 4. The number of H-pyrrole nitrogens is 1. The molecule has 4 atom stereocenters. The fraction of sp³-hybridized carbons (Fsp3) is 0.500. The molecule has 0 amide bonds. The highest BCUT2D eigenvalue weighted by Gasteiger charge is 2.36. The Morgan fingerprint density at radius 1 is 1.70 bits per heavy atom. The Morgan fingerprint density at radius 3 is 3.13 bits per heavy atom. The highest BCUT2D eigenvalue weighted by atomic mass is 127. The van der Waals surface area contributed by atoms with Gasteiger partial charge in [-0.15, -0.1) is 0 Å². The largest absolute Gasteiger partial charge is 0.383 e. The van der Waals surface area contributed by atoms with E-state index in [4.69, 9.17) is 19.9 Å². The van der Waals surface area contributed by atoms with Gasteiger partial charge in [0.1, 0.15) is 6.23 Å². The maximum atomic E-state index is 11.8. The average Bonchev–Trinajstić information content (AvgIpc) is 2.99. The van der Waals surface area contributed by atoms with Gasteiger partial charge in [0.05, 0.1) is 19.0 Å². The van der Waals surface area contributed by atoms with Crippen molar-refractivity contribution in [3.8, 4) is 0 Å². The monoisotopic (exact) mass is 473 g/mol. The van der Waals surface area contributed by atoms with Gasteiger partial charge < -0.3 is 15.4 Å². The van der Waals surface area contributed by atoms with E-state index in [-0.39, 0.29) is 22.0 Å². The Hall–Kier alpha value is -0.660. The quantitative estimate of drug-likeness (QED) is 0.221. The van der Waals surface area contributed by atoms with Crippen molar-refractivity contribution < 1.29 is 18.7 Å². The van der Waals surface area contributed by atoms with Gasteiger partial charge in [-0.2, -0.15) is 4.98 Å². The van der Waals surface area contributed by atoms with Crippen LogP contribution in [0.1, 0.15) is 12.6 Å². The van der Waals surface area contributed by atoms with Crippen molar-refractivity contribution in [1.82, 2.24) is 19.5 Å². The van der Waals surface area contributed by atoms with Crippen LogP contribution in [-0.4, -0.2) is 41.0 Å². The lowest BCUT2D eigenvalue weighted by atomic mass is 10.2. The van der Waals surface area contributed by atoms with E-state index in [0.29, 0.717) is 12.1 Å². The van der Waals surface area contributed by atoms with Gasteiger partial charge >= 0.3 is 6.80 Å². The zero-order chi connectivity index (χ0) is 16.8. The van der Waals surface area contributed by atoms with Gasteiger partial charge in [-0.3, -0.25) is 18.9 Å². The van der Waals surface area contributed by atoms with Crippen molar-refractivity contribution in [2.75, 3.05) is 12.3 Å². The second-order valence-electron chi connectivity index (χ2n) is 4.94. The third-order valence-electron chi connectivity index (χ3n) is 3.33. The molecule has 0 aromatic carbocycles. The minimum Gasteiger partial charge on any atom is -0.369 e. The Labute approximate surface area is 148 Å². The summed E-state index contributed by atoms with van der Waals surface area (Å²) in [6, 6.07) is 0. The smallest absolute Gasteiger partial charge is 0.369 e. The van der Waals surface area contributed by atoms with Crippen molar-refractivity contribution in [3.05, 3.63) is 16.7 Å². The van der Waals surface area contributed by atoms with Gasteiger partial charge in [0.25, 0.3) is 5.56 Å². The van der Waals surface area contributed by atoms with E-state index in [2.05, 4.69) is 49.8 Å². The summed E-state index contributed by atoms with van der Waals surface area (Å²) in [6.45, 7) is -3.92. The molecule has 0 radical (unpaired) electrons. The number of aromatic amines is 1. The second kappa shape index (κ2) is 6.33. The molecule has 23 heavy (non-hydrogen) atoms. The minimum absolute atomic E-state index is 0.00977. The minimum atomic E-state index is -3.86. The number of halogens is 1. The number of nitrogens with one attached hydrogen (secondary N) is 1. The molecule has 1 saturated heterocycles. The van der Waals surface area contributed by atoms with Crippen LogP contribution in [0.25, 0.3) is 11.2 Å². The van der Waals surface area contributed by atoms with Crippen LogP contribution in [0, 0.1) is 0 Å². The zero-order valence-electron chi connectivity index (χ0n) is 11.5. The van der Waals surface area contributed by atoms with E-state index in [1.165, 1.54) is 6.33 Å². The molecule has 10 nitrogen and oxygen atoms in total. The number of aromatic nitrogens is 4. The summed E-state index contributed by atoms with van der Waals surface area (Å²) in [5, 5.41) is 0. The van der Waals surface area contributed by atoms with E-state index in [0.717, 1.165) is 0 Å². The van der Waals surface area contributed by atoms with Crippen LogP contribution in [0.15, 0.2) is 11.1 Å². The van der Waals surface area contributed by atoms with E-state index in [1.807, 2.05) is 0 Å². The van der Waals surface area contributed by atoms with Crippen LogP contribution in [0.3, 0.4) is 0 Å². The second-order valence-corrected chi connectivity index (χ2v) is 9.30. The molecule has 126 valence electrons. The Balaban J connectivity index is 1.84. The summed E-state index contributed by atoms with van der Waals surface area (Å²) in [7, 11) is 0. The lowest BCUT2D eigenvalue weighted by molar-refractivity contribution is -0.0151. The van der Waals surface area contributed by atoms with E-state index >= 15 is 0 Å². The van der Waals surface area contributed by atoms with E-state index in [1.54, 1.807) is 4.57 Å². The first-order valence-electron chi connectivity index (χ1n) is 6.46. The Morgan fingerprint density at radius 2 is 2.43 bits per heavy atom. The molecular weight excluding hydrogens is 460 g/mol. The number of anilines is 1. The normalized spacial score (nSPS) is 27.3. The maximum Gasteiger partial charge on any atom is 0.383 e. The fourth-order valence-electron chi connectivity index (χ4n) is 2.33. The average molecular weight is 473 g/mol. The van der Waals surface area contributed by atoms with Crippen molar-refractivity contribution in [1.29, 1.82) is 0 Å². The molecule has 1 aliphatic rings. The summed E-state index contributed by atoms with van der Waals surface area (Å²) < 4.78 is 23.4. The number of hydrogen-bond acceptors (Lipinski definition) is 7. The van der Waals surface area contributed by atoms with Crippen LogP contribution in [0.5, 0.6) is 0 Å². The molecular formula is C10H13IN5O5PS. The molecule has 13 heteroatoms. The van der Waals surface area contributed by atoms with Crippen LogP contribution < -0.4 is 11.3 Å². The maximum absolute atomic E-state index is 11.8. The molecule has 0 bridgehead atoms. The molecule has 1 unspecified atom stereocenters. The summed E-state index contributed by atoms with van der Waals surface area (Å²) in [5.41, 5.74) is 5.63. The Bertz CT molecular complexity index is 837. The molecule has 0 aliphatic carbocycles. The van der Waals surface area contributed by atoms with Gasteiger partial charge in [-0.25, -0.2) is 9.55 Å². The van der Waals surface area contributed by atoms with Gasteiger partial charge in [0.15, 0.2) is 11.2 Å². The molecule has 1 aliphatic heterocycles. The molecule has 0 saturated carbocycles. The van der Waals surface area contributed by atoms with Crippen molar-refractivity contribution in [2.45, 2.75) is 22.7 Å². The zero-order valence-corrected chi connectivity index (χ0v) is 15.4. The highest BCUT2D eigenvalue weighted by Crippen LogP contribution is 2.48. The van der Waals surface area contributed by atoms with Crippen molar-refractivity contribution >= 4 is 58.7 Å². The predicted octanol–water partition coefficient (Wildman–Crippen LogP) is 0.840. The van der Waals surface area contributed by atoms with Gasteiger partial charge in [0, 0.05) is 10.3 Å². The molecule has 2 aromatic rings. The van der Waals surface area contributed by atoms with E-state index < -0.39 is 24.7 Å². The lowest BCUT2D eigenvalue weighted by Crippen LogP contribution is -2.21. The number of nitrogens with two attached hydrogens (primary N) is 1. The molecule has 3 rings (SSSR count). The molecule has 3 heterocycles. The number of fused-ring (bicyclic) bond motifs is 1. The third kappa shape index (κ3) is 3.72. The van der Waals surface area contributed by atoms with Crippen LogP contribution in [-0.2, 0) is 13.8 Å². The first-order valence-corrected chi connectivity index (χ1v) is 10.4. The number of alkyl halides is 1. The predicted molar refractivity (Wildman–Crippen MR) is 93.7 cm³/mol. The van der Waals surface area contributed by atoms with Crippen LogP contribution in [0.4, 0.5) is 5.95 Å². The first-order chi connectivity index (χ1) is 10.7. The third-order valence-corrected chi connectivity index (χ3v) is 5.47. The Kier molecular flexibility index (Phi) is 4.73. The lowest BCUT2D eigenvalue weighted by Gasteiger charge is -2.16. The van der Waals surface area contributed by atoms with Crippen LogP contribution >= 0.6 is 41.6 Å². The molecule has 4 N–H and O–H groups in total. The summed E-state index contributed by atoms with van der Waals surface area (Å²) in [6.07, 6.45) is 1.22. The number of imidazole rings is 1. The highest BCUT2D eigenvalue weighted by molar-refractivity contribution is 14.1. The number of nitrogen functional groups attached to an aromatic ring is 1. The van der Waals surface area contributed by atoms with Crippen molar-refractivity contribution in [3.63, 3.8) is 0 Å². The number of ether oxygens (including phenoxy) is 1. The fourth-order valence-corrected chi connectivity index (χ4v) is 3.69. The number of hydrogen-bond donors (Lipinski definition) is 4. The van der Waals surface area contributed by atoms with Crippen molar-refractivity contribution in [2.24, 2.45) is 0 Å². The van der Waals surface area contributed by atoms with Gasteiger partial charge in [-0.05, 0) is 0 Å². The SMILES string of the molecule is Nc1nc2c(ncn2[C@H]2C[C@@H](I)[C@@H](COP(=O)(O)S)O2)c(=O)[nH]1. The summed E-state index contributed by atoms with van der Waals surface area (Å²) in [4.78, 5) is 31.4. The standard InChI is InChI=1S/C10H13IN5O5PS/c11-4-1-6(21-5(4)2-20-22(18,19)23)16-3-13-7-8(16)14-10(12)15-9(7)17/h3-6H,1-2H2,(H2,18,19,23)(H3,12,14,15,17)/t4-,5-,6-/m1/s1. The topological polar surface area (TPSA) is 145 Å². The van der Waals surface area contributed by atoms with Gasteiger partial charge in [-0.1, -0.05) is 34.8 Å². The molecule has 1 fully saturated rings. The number of thiol groups is 1. The van der Waals surface area contributed by atoms with E-state index in [9.17, 15) is 9.36 Å². The molecule has 0 spiro atoms. The van der Waals surface area contributed by atoms with Crippen LogP contribution in [0.2, 0.25) is 0 Å². The number of nitrogens with zero attached hydrogens (tertiary/aromatic N) is 3. The first kappa shape index (κ1) is 17.2. The summed E-state index contributed by atoms with van der Waals surface area (Å²) in [5.74, 6) is -0.00977. The van der Waals surface area contributed by atoms with Gasteiger partial charge in [0.2, 0.25) is 5.95 Å². The summed E-state index contributed by atoms with van der Waals surface area (Å²) >= 11 is 5.64. The molecule has 2 aromatic heterocycles.